The first-order valence-corrected chi connectivity index (χ1v) is 10.5. The Hall–Kier alpha value is -3.24. The molecule has 30 heavy (non-hydrogen) atoms. The molecule has 152 valence electrons. The largest absolute Gasteiger partial charge is 0.365 e. The Morgan fingerprint density at radius 1 is 1.23 bits per heavy atom. The van der Waals surface area contributed by atoms with E-state index in [0.717, 1.165) is 40.9 Å². The molecule has 4 heterocycles. The van der Waals surface area contributed by atoms with Gasteiger partial charge in [-0.25, -0.2) is 14.5 Å². The summed E-state index contributed by atoms with van der Waals surface area (Å²) in [6.07, 6.45) is 4.12. The van der Waals surface area contributed by atoms with Crippen molar-refractivity contribution in [3.8, 4) is 11.3 Å². The fraction of sp³-hybridized carbons (Fsp3) is 0.211. The molecule has 5 rings (SSSR count). The first kappa shape index (κ1) is 18.8. The molecule has 1 aliphatic heterocycles. The highest BCUT2D eigenvalue weighted by Crippen LogP contribution is 2.29. The van der Waals surface area contributed by atoms with Crippen molar-refractivity contribution in [2.75, 3.05) is 23.3 Å². The van der Waals surface area contributed by atoms with E-state index in [-0.39, 0.29) is 11.7 Å². The number of anilines is 2. The SMILES string of the molecule is O=[N+]([O-])c1ccc(NC2CCN(c3nn4cc(-c5ccc(Cl)cc5)nc4s3)C2)nc1. The quantitative estimate of drug-likeness (QED) is 0.367. The maximum Gasteiger partial charge on any atom is 0.287 e. The van der Waals surface area contributed by atoms with E-state index in [0.29, 0.717) is 10.8 Å². The second-order valence-corrected chi connectivity index (χ2v) is 8.35. The van der Waals surface area contributed by atoms with Crippen LogP contribution >= 0.6 is 22.9 Å². The van der Waals surface area contributed by atoms with Gasteiger partial charge >= 0.3 is 0 Å². The lowest BCUT2D eigenvalue weighted by Crippen LogP contribution is -2.26. The average Bonchev–Trinajstić information content (AvgIpc) is 3.43. The maximum atomic E-state index is 10.7. The predicted octanol–water partition coefficient (Wildman–Crippen LogP) is 4.11. The Morgan fingerprint density at radius 3 is 2.77 bits per heavy atom. The summed E-state index contributed by atoms with van der Waals surface area (Å²) in [5.41, 5.74) is 1.85. The van der Waals surface area contributed by atoms with Gasteiger partial charge in [0.05, 0.1) is 16.8 Å². The van der Waals surface area contributed by atoms with Crippen molar-refractivity contribution in [2.45, 2.75) is 12.5 Å². The van der Waals surface area contributed by atoms with Crippen LogP contribution in [0.1, 0.15) is 6.42 Å². The smallest absolute Gasteiger partial charge is 0.287 e. The summed E-state index contributed by atoms with van der Waals surface area (Å²) in [6.45, 7) is 1.64. The van der Waals surface area contributed by atoms with E-state index in [1.807, 2.05) is 35.0 Å². The lowest BCUT2D eigenvalue weighted by Gasteiger charge is -2.15. The van der Waals surface area contributed by atoms with E-state index in [1.54, 1.807) is 17.4 Å². The molecule has 0 radical (unpaired) electrons. The van der Waals surface area contributed by atoms with E-state index in [9.17, 15) is 10.1 Å². The third-order valence-corrected chi connectivity index (χ3v) is 6.18. The van der Waals surface area contributed by atoms with Gasteiger partial charge in [0, 0.05) is 35.8 Å². The van der Waals surface area contributed by atoms with Crippen LogP contribution in [0.2, 0.25) is 5.02 Å². The van der Waals surface area contributed by atoms with Crippen LogP contribution in [0.15, 0.2) is 48.8 Å². The molecule has 1 fully saturated rings. The summed E-state index contributed by atoms with van der Waals surface area (Å²) in [7, 11) is 0. The van der Waals surface area contributed by atoms with E-state index in [4.69, 9.17) is 11.6 Å². The molecular formula is C19H16ClN7O2S. The number of aromatic nitrogens is 4. The minimum Gasteiger partial charge on any atom is -0.365 e. The van der Waals surface area contributed by atoms with Gasteiger partial charge in [-0.15, -0.1) is 5.10 Å². The van der Waals surface area contributed by atoms with E-state index in [1.165, 1.54) is 12.3 Å². The monoisotopic (exact) mass is 441 g/mol. The number of fused-ring (bicyclic) bond motifs is 1. The standard InChI is InChI=1S/C19H16ClN7O2S/c20-13-3-1-12(2-4-13)16-11-26-18(23-16)30-19(24-26)25-8-7-14(10-25)22-17-6-5-15(9-21-17)27(28)29/h1-6,9,11,14H,7-8,10H2,(H,21,22). The fourth-order valence-corrected chi connectivity index (χ4v) is 4.46. The Kier molecular flexibility index (Phi) is 4.72. The molecule has 1 atom stereocenters. The van der Waals surface area contributed by atoms with Gasteiger partial charge in [0.25, 0.3) is 5.69 Å². The van der Waals surface area contributed by atoms with Crippen LogP contribution in [-0.4, -0.2) is 43.6 Å². The number of hydrogen-bond donors (Lipinski definition) is 1. The zero-order valence-corrected chi connectivity index (χ0v) is 17.2. The maximum absolute atomic E-state index is 10.7. The highest BCUT2D eigenvalue weighted by Gasteiger charge is 2.26. The third kappa shape index (κ3) is 3.66. The van der Waals surface area contributed by atoms with Crippen LogP contribution in [0.25, 0.3) is 16.2 Å². The number of imidazole rings is 1. The normalized spacial score (nSPS) is 16.3. The van der Waals surface area contributed by atoms with Crippen molar-refractivity contribution in [1.82, 2.24) is 19.6 Å². The summed E-state index contributed by atoms with van der Waals surface area (Å²) in [4.78, 5) is 22.1. The number of nitrogens with zero attached hydrogens (tertiary/aromatic N) is 6. The number of halogens is 1. The number of benzene rings is 1. The molecule has 0 aliphatic carbocycles. The average molecular weight is 442 g/mol. The van der Waals surface area contributed by atoms with Crippen molar-refractivity contribution >= 4 is 44.5 Å². The minimum atomic E-state index is -0.453. The summed E-state index contributed by atoms with van der Waals surface area (Å²) < 4.78 is 1.81. The molecular weight excluding hydrogens is 426 g/mol. The van der Waals surface area contributed by atoms with Gasteiger partial charge in [0.1, 0.15) is 12.0 Å². The predicted molar refractivity (Wildman–Crippen MR) is 116 cm³/mol. The second kappa shape index (κ2) is 7.54. The van der Waals surface area contributed by atoms with Gasteiger partial charge in [-0.3, -0.25) is 10.1 Å². The molecule has 1 saturated heterocycles. The van der Waals surface area contributed by atoms with Gasteiger partial charge in [-0.1, -0.05) is 35.1 Å². The molecule has 1 aliphatic rings. The first-order chi connectivity index (χ1) is 14.5. The number of hydrogen-bond acceptors (Lipinski definition) is 8. The second-order valence-electron chi connectivity index (χ2n) is 6.98. The molecule has 0 bridgehead atoms. The van der Waals surface area contributed by atoms with E-state index in [2.05, 4.69) is 25.3 Å². The van der Waals surface area contributed by atoms with Crippen molar-refractivity contribution in [3.05, 3.63) is 63.9 Å². The van der Waals surface area contributed by atoms with Gasteiger partial charge in [-0.05, 0) is 24.6 Å². The fourth-order valence-electron chi connectivity index (χ4n) is 3.42. The van der Waals surface area contributed by atoms with Crippen molar-refractivity contribution in [1.29, 1.82) is 0 Å². The highest BCUT2D eigenvalue weighted by molar-refractivity contribution is 7.20. The summed E-state index contributed by atoms with van der Waals surface area (Å²) >= 11 is 7.50. The Morgan fingerprint density at radius 2 is 2.07 bits per heavy atom. The molecule has 1 aromatic carbocycles. The lowest BCUT2D eigenvalue weighted by molar-refractivity contribution is -0.385. The van der Waals surface area contributed by atoms with Crippen LogP contribution in [-0.2, 0) is 0 Å². The first-order valence-electron chi connectivity index (χ1n) is 9.29. The van der Waals surface area contributed by atoms with Crippen LogP contribution in [0, 0.1) is 10.1 Å². The van der Waals surface area contributed by atoms with Crippen LogP contribution < -0.4 is 10.2 Å². The summed E-state index contributed by atoms with van der Waals surface area (Å²) in [6, 6.07) is 10.9. The van der Waals surface area contributed by atoms with Crippen molar-refractivity contribution in [2.24, 2.45) is 0 Å². The van der Waals surface area contributed by atoms with Crippen molar-refractivity contribution in [3.63, 3.8) is 0 Å². The van der Waals surface area contributed by atoms with Crippen LogP contribution in [0.4, 0.5) is 16.6 Å². The molecule has 9 nitrogen and oxygen atoms in total. The zero-order valence-electron chi connectivity index (χ0n) is 15.6. The number of nitro groups is 1. The van der Waals surface area contributed by atoms with Gasteiger partial charge < -0.3 is 10.2 Å². The molecule has 1 unspecified atom stereocenters. The Labute approximate surface area is 180 Å². The van der Waals surface area contributed by atoms with Gasteiger partial charge in [0.2, 0.25) is 10.1 Å². The zero-order chi connectivity index (χ0) is 20.7. The van der Waals surface area contributed by atoms with E-state index < -0.39 is 4.92 Å². The van der Waals surface area contributed by atoms with Gasteiger partial charge in [0.15, 0.2) is 0 Å². The lowest BCUT2D eigenvalue weighted by atomic mass is 10.2. The molecule has 0 amide bonds. The summed E-state index contributed by atoms with van der Waals surface area (Å²) in [5, 5.41) is 20.4. The number of nitrogens with one attached hydrogen (secondary N) is 1. The number of pyridine rings is 1. The third-order valence-electron chi connectivity index (χ3n) is 4.94. The Bertz CT molecular complexity index is 1170. The van der Waals surface area contributed by atoms with Crippen molar-refractivity contribution < 1.29 is 4.92 Å². The Balaban J connectivity index is 1.26. The molecule has 0 spiro atoms. The molecule has 11 heteroatoms. The molecule has 3 aromatic heterocycles. The minimum absolute atomic E-state index is 0.0160. The van der Waals surface area contributed by atoms with E-state index >= 15 is 0 Å². The van der Waals surface area contributed by atoms with Crippen LogP contribution in [0.5, 0.6) is 0 Å². The topological polar surface area (TPSA) is 101 Å². The molecule has 4 aromatic rings. The molecule has 1 N–H and O–H groups in total. The molecule has 0 saturated carbocycles. The number of rotatable bonds is 5. The van der Waals surface area contributed by atoms with Gasteiger partial charge in [-0.2, -0.15) is 0 Å². The summed E-state index contributed by atoms with van der Waals surface area (Å²) in [5.74, 6) is 0.633. The van der Waals surface area contributed by atoms with Crippen LogP contribution in [0.3, 0.4) is 0 Å². The highest BCUT2D eigenvalue weighted by atomic mass is 35.5.